The van der Waals surface area contributed by atoms with Crippen molar-refractivity contribution < 1.29 is 19.0 Å². The summed E-state index contributed by atoms with van der Waals surface area (Å²) in [6.07, 6.45) is 0.677. The van der Waals surface area contributed by atoms with Gasteiger partial charge in [0.05, 0.1) is 18.7 Å². The number of rotatable bonds is 7. The van der Waals surface area contributed by atoms with Crippen molar-refractivity contribution in [3.05, 3.63) is 84.4 Å². The van der Waals surface area contributed by atoms with E-state index < -0.39 is 0 Å². The Bertz CT molecular complexity index is 1110. The highest BCUT2D eigenvalue weighted by Gasteiger charge is 2.34. The molecule has 2 fully saturated rings. The molecule has 2 aliphatic heterocycles. The first-order valence-corrected chi connectivity index (χ1v) is 12.6. The number of piperidine rings is 1. The van der Waals surface area contributed by atoms with E-state index in [1.165, 1.54) is 5.69 Å². The van der Waals surface area contributed by atoms with Gasteiger partial charge in [-0.15, -0.1) is 0 Å². The molecular weight excluding hydrogens is 454 g/mol. The SMILES string of the molecule is COc1ccc(N2CCN(C3CNCC[C@H]3OC(=O)c3ccc(Oc4ccccc4)cc3)CC2)cc1. The zero-order chi connectivity index (χ0) is 24.7. The third kappa shape index (κ3) is 5.80. The van der Waals surface area contributed by atoms with Crippen molar-refractivity contribution in [2.45, 2.75) is 18.6 Å². The summed E-state index contributed by atoms with van der Waals surface area (Å²) in [4.78, 5) is 17.8. The van der Waals surface area contributed by atoms with Gasteiger partial charge in [-0.1, -0.05) is 18.2 Å². The van der Waals surface area contributed by atoms with E-state index >= 15 is 0 Å². The Morgan fingerprint density at radius 1 is 0.833 bits per heavy atom. The van der Waals surface area contributed by atoms with Gasteiger partial charge in [0.15, 0.2) is 0 Å². The highest BCUT2D eigenvalue weighted by atomic mass is 16.5. The molecular formula is C29H33N3O4. The first kappa shape index (κ1) is 24.2. The quantitative estimate of drug-likeness (QED) is 0.501. The van der Waals surface area contributed by atoms with Crippen LogP contribution in [0.2, 0.25) is 0 Å². The van der Waals surface area contributed by atoms with Crippen LogP contribution in [0.15, 0.2) is 78.9 Å². The predicted octanol–water partition coefficient (Wildman–Crippen LogP) is 4.20. The van der Waals surface area contributed by atoms with Gasteiger partial charge in [0, 0.05) is 38.4 Å². The van der Waals surface area contributed by atoms with E-state index in [0.717, 1.165) is 57.2 Å². The number of benzene rings is 3. The van der Waals surface area contributed by atoms with Crippen molar-refractivity contribution in [2.24, 2.45) is 0 Å². The van der Waals surface area contributed by atoms with Gasteiger partial charge >= 0.3 is 5.97 Å². The Morgan fingerprint density at radius 2 is 1.50 bits per heavy atom. The standard InChI is InChI=1S/C29H33N3O4/c1-34-24-13-9-23(10-14-24)31-17-19-32(20-18-31)27-21-30-16-15-28(27)36-29(33)22-7-11-26(12-8-22)35-25-5-3-2-4-6-25/h2-14,27-28,30H,15-21H2,1H3/t27?,28-/m1/s1. The molecule has 2 atom stereocenters. The van der Waals surface area contributed by atoms with E-state index in [1.807, 2.05) is 54.6 Å². The number of hydrogen-bond donors (Lipinski definition) is 1. The van der Waals surface area contributed by atoms with E-state index in [0.29, 0.717) is 11.3 Å². The maximum absolute atomic E-state index is 13.0. The van der Waals surface area contributed by atoms with Crippen LogP contribution < -0.4 is 19.7 Å². The minimum Gasteiger partial charge on any atom is -0.497 e. The summed E-state index contributed by atoms with van der Waals surface area (Å²) < 4.78 is 17.2. The summed E-state index contributed by atoms with van der Waals surface area (Å²) >= 11 is 0. The Hall–Kier alpha value is -3.55. The molecule has 2 aliphatic rings. The van der Waals surface area contributed by atoms with Crippen LogP contribution in [0.5, 0.6) is 17.2 Å². The average molecular weight is 488 g/mol. The zero-order valence-electron chi connectivity index (χ0n) is 20.6. The molecule has 36 heavy (non-hydrogen) atoms. The number of carbonyl (C=O) groups is 1. The largest absolute Gasteiger partial charge is 0.497 e. The average Bonchev–Trinajstić information content (AvgIpc) is 2.94. The van der Waals surface area contributed by atoms with Gasteiger partial charge < -0.3 is 24.4 Å². The van der Waals surface area contributed by atoms with Crippen LogP contribution in [0.4, 0.5) is 5.69 Å². The molecule has 2 heterocycles. The number of para-hydroxylation sites is 1. The van der Waals surface area contributed by atoms with Crippen LogP contribution in [-0.2, 0) is 4.74 Å². The zero-order valence-corrected chi connectivity index (χ0v) is 20.6. The van der Waals surface area contributed by atoms with Crippen LogP contribution >= 0.6 is 0 Å². The molecule has 0 radical (unpaired) electrons. The lowest BCUT2D eigenvalue weighted by Gasteiger charge is -2.44. The lowest BCUT2D eigenvalue weighted by atomic mass is 10.0. The predicted molar refractivity (Wildman–Crippen MR) is 140 cm³/mol. The van der Waals surface area contributed by atoms with Crippen LogP contribution in [0.25, 0.3) is 0 Å². The third-order valence-electron chi connectivity index (χ3n) is 6.94. The second-order valence-corrected chi connectivity index (χ2v) is 9.16. The van der Waals surface area contributed by atoms with Crippen LogP contribution in [-0.4, -0.2) is 69.4 Å². The molecule has 0 spiro atoms. The van der Waals surface area contributed by atoms with Crippen molar-refractivity contribution in [3.8, 4) is 17.2 Å². The van der Waals surface area contributed by atoms with Crippen molar-refractivity contribution in [3.63, 3.8) is 0 Å². The van der Waals surface area contributed by atoms with Crippen molar-refractivity contribution in [2.75, 3.05) is 51.3 Å². The highest BCUT2D eigenvalue weighted by molar-refractivity contribution is 5.89. The van der Waals surface area contributed by atoms with Crippen LogP contribution in [0.3, 0.4) is 0 Å². The normalized spacial score (nSPS) is 20.5. The van der Waals surface area contributed by atoms with Crippen molar-refractivity contribution in [1.82, 2.24) is 10.2 Å². The third-order valence-corrected chi connectivity index (χ3v) is 6.94. The van der Waals surface area contributed by atoms with Gasteiger partial charge in [-0.25, -0.2) is 4.79 Å². The second kappa shape index (κ2) is 11.5. The monoisotopic (exact) mass is 487 g/mol. The topological polar surface area (TPSA) is 63.3 Å². The molecule has 3 aromatic rings. The number of methoxy groups -OCH3 is 1. The number of anilines is 1. The number of esters is 1. The van der Waals surface area contributed by atoms with Gasteiger partial charge in [-0.05, 0) is 73.6 Å². The van der Waals surface area contributed by atoms with Crippen molar-refractivity contribution in [1.29, 1.82) is 0 Å². The molecule has 188 valence electrons. The van der Waals surface area contributed by atoms with Gasteiger partial charge in [-0.3, -0.25) is 4.90 Å². The van der Waals surface area contributed by atoms with E-state index in [4.69, 9.17) is 14.2 Å². The number of piperazine rings is 1. The number of carbonyl (C=O) groups excluding carboxylic acids is 1. The second-order valence-electron chi connectivity index (χ2n) is 9.16. The molecule has 5 rings (SSSR count). The first-order valence-electron chi connectivity index (χ1n) is 12.6. The van der Waals surface area contributed by atoms with E-state index in [2.05, 4.69) is 27.2 Å². The molecule has 7 heteroatoms. The van der Waals surface area contributed by atoms with E-state index in [-0.39, 0.29) is 18.1 Å². The smallest absolute Gasteiger partial charge is 0.338 e. The Balaban J connectivity index is 1.17. The molecule has 1 N–H and O–H groups in total. The minimum atomic E-state index is -0.282. The van der Waals surface area contributed by atoms with E-state index in [1.54, 1.807) is 19.2 Å². The lowest BCUT2D eigenvalue weighted by Crippen LogP contribution is -2.60. The molecule has 0 amide bonds. The first-order chi connectivity index (χ1) is 17.7. The molecule has 0 aliphatic carbocycles. The van der Waals surface area contributed by atoms with E-state index in [9.17, 15) is 4.79 Å². The fraction of sp³-hybridized carbons (Fsp3) is 0.345. The Morgan fingerprint density at radius 3 is 2.19 bits per heavy atom. The summed E-state index contributed by atoms with van der Waals surface area (Å²) in [7, 11) is 1.69. The number of ether oxygens (including phenoxy) is 3. The number of nitrogens with one attached hydrogen (secondary N) is 1. The molecule has 0 aromatic heterocycles. The molecule has 0 saturated carbocycles. The number of hydrogen-bond acceptors (Lipinski definition) is 7. The maximum atomic E-state index is 13.0. The summed E-state index contributed by atoms with van der Waals surface area (Å²) in [5, 5.41) is 3.48. The summed E-state index contributed by atoms with van der Waals surface area (Å²) in [6.45, 7) is 5.41. The summed E-state index contributed by atoms with van der Waals surface area (Å²) in [5.41, 5.74) is 1.75. The summed E-state index contributed by atoms with van der Waals surface area (Å²) in [6, 6.07) is 25.1. The van der Waals surface area contributed by atoms with Gasteiger partial charge in [-0.2, -0.15) is 0 Å². The van der Waals surface area contributed by atoms with Crippen LogP contribution in [0, 0.1) is 0 Å². The highest BCUT2D eigenvalue weighted by Crippen LogP contribution is 2.25. The van der Waals surface area contributed by atoms with Crippen LogP contribution in [0.1, 0.15) is 16.8 Å². The molecule has 2 saturated heterocycles. The molecule has 3 aromatic carbocycles. The fourth-order valence-electron chi connectivity index (χ4n) is 4.91. The minimum absolute atomic E-state index is 0.133. The Kier molecular flexibility index (Phi) is 7.69. The molecule has 0 bridgehead atoms. The van der Waals surface area contributed by atoms with Gasteiger partial charge in [0.25, 0.3) is 0 Å². The molecule has 7 nitrogen and oxygen atoms in total. The lowest BCUT2D eigenvalue weighted by molar-refractivity contribution is -0.0141. The summed E-state index contributed by atoms with van der Waals surface area (Å²) in [5.74, 6) is 2.04. The molecule has 1 unspecified atom stereocenters. The number of nitrogens with zero attached hydrogens (tertiary/aromatic N) is 2. The van der Waals surface area contributed by atoms with Crippen molar-refractivity contribution >= 4 is 11.7 Å². The van der Waals surface area contributed by atoms with Gasteiger partial charge in [0.1, 0.15) is 23.4 Å². The Labute approximate surface area is 212 Å². The fourth-order valence-corrected chi connectivity index (χ4v) is 4.91. The maximum Gasteiger partial charge on any atom is 0.338 e. The van der Waals surface area contributed by atoms with Gasteiger partial charge in [0.2, 0.25) is 0 Å².